The molecule has 6 heteroatoms. The molecule has 0 atom stereocenters. The molecule has 2 aromatic rings. The van der Waals surface area contributed by atoms with Crippen molar-refractivity contribution >= 4 is 11.6 Å². The predicted octanol–water partition coefficient (Wildman–Crippen LogP) is 3.88. The number of carbonyl (C=O) groups excluding carboxylic acids is 1. The maximum absolute atomic E-state index is 12.7. The van der Waals surface area contributed by atoms with Gasteiger partial charge in [-0.05, 0) is 30.4 Å². The van der Waals surface area contributed by atoms with Crippen LogP contribution in [0.5, 0.6) is 17.2 Å². The molecule has 0 saturated heterocycles. The lowest BCUT2D eigenvalue weighted by Crippen LogP contribution is -2.34. The second-order valence-electron chi connectivity index (χ2n) is 7.27. The lowest BCUT2D eigenvalue weighted by atomic mass is 10.1. The van der Waals surface area contributed by atoms with Crippen LogP contribution in [0.1, 0.15) is 30.9 Å². The summed E-state index contributed by atoms with van der Waals surface area (Å²) < 4.78 is 16.1. The predicted molar refractivity (Wildman–Crippen MR) is 114 cm³/mol. The van der Waals surface area contributed by atoms with E-state index < -0.39 is 0 Å². The molecule has 0 bridgehead atoms. The Morgan fingerprint density at radius 1 is 1.00 bits per heavy atom. The van der Waals surface area contributed by atoms with E-state index in [-0.39, 0.29) is 5.91 Å². The molecule has 1 N–H and O–H groups in total. The minimum atomic E-state index is -0.0589. The van der Waals surface area contributed by atoms with E-state index in [0.717, 1.165) is 25.8 Å². The summed E-state index contributed by atoms with van der Waals surface area (Å²) in [5, 5.41) is 2.96. The van der Waals surface area contributed by atoms with Gasteiger partial charge in [-0.25, -0.2) is 0 Å². The summed E-state index contributed by atoms with van der Waals surface area (Å²) >= 11 is 0. The number of benzene rings is 2. The maximum atomic E-state index is 12.7. The first-order chi connectivity index (χ1) is 14.1. The van der Waals surface area contributed by atoms with Crippen molar-refractivity contribution in [2.75, 3.05) is 33.2 Å². The average molecular weight is 399 g/mol. The molecule has 29 heavy (non-hydrogen) atoms. The molecule has 1 amide bonds. The normalized spacial score (nSPS) is 13.3. The lowest BCUT2D eigenvalue weighted by molar-refractivity contribution is -0.117. The van der Waals surface area contributed by atoms with Crippen molar-refractivity contribution < 1.29 is 19.0 Å². The number of anilines is 1. The molecule has 0 aliphatic heterocycles. The molecule has 0 unspecified atom stereocenters. The first-order valence-corrected chi connectivity index (χ1v) is 9.99. The van der Waals surface area contributed by atoms with Crippen molar-refractivity contribution in [3.05, 3.63) is 47.5 Å². The van der Waals surface area contributed by atoms with Crippen LogP contribution in [0.2, 0.25) is 0 Å². The zero-order valence-corrected chi connectivity index (χ0v) is 17.7. The Labute approximate surface area is 172 Å². The highest BCUT2D eigenvalue weighted by Crippen LogP contribution is 2.40. The monoisotopic (exact) mass is 398 g/mol. The number of rotatable bonds is 10. The van der Waals surface area contributed by atoms with Gasteiger partial charge in [0.1, 0.15) is 0 Å². The van der Waals surface area contributed by atoms with E-state index >= 15 is 0 Å². The van der Waals surface area contributed by atoms with E-state index in [9.17, 15) is 4.79 Å². The van der Waals surface area contributed by atoms with Gasteiger partial charge in [0.05, 0.1) is 27.9 Å². The smallest absolute Gasteiger partial charge is 0.238 e. The third-order valence-electron chi connectivity index (χ3n) is 5.18. The maximum Gasteiger partial charge on any atom is 0.238 e. The number of amides is 1. The number of hydrogen-bond donors (Lipinski definition) is 1. The van der Waals surface area contributed by atoms with Gasteiger partial charge in [0.25, 0.3) is 0 Å². The van der Waals surface area contributed by atoms with E-state index in [0.29, 0.717) is 35.5 Å². The topological polar surface area (TPSA) is 60.0 Å². The highest BCUT2D eigenvalue weighted by atomic mass is 16.5. The van der Waals surface area contributed by atoms with Crippen LogP contribution in [0.15, 0.2) is 36.4 Å². The second kappa shape index (κ2) is 9.65. The van der Waals surface area contributed by atoms with Crippen LogP contribution in [0.4, 0.5) is 5.69 Å². The van der Waals surface area contributed by atoms with E-state index in [1.54, 1.807) is 33.5 Å². The van der Waals surface area contributed by atoms with Crippen LogP contribution < -0.4 is 19.5 Å². The Hall–Kier alpha value is -2.73. The van der Waals surface area contributed by atoms with Crippen LogP contribution >= 0.6 is 0 Å². The number of aryl methyl sites for hydroxylation is 1. The number of carbonyl (C=O) groups is 1. The summed E-state index contributed by atoms with van der Waals surface area (Å²) in [7, 11) is 4.67. The summed E-state index contributed by atoms with van der Waals surface area (Å²) in [5.74, 6) is 1.47. The summed E-state index contributed by atoms with van der Waals surface area (Å²) in [4.78, 5) is 15.0. The van der Waals surface area contributed by atoms with Crippen molar-refractivity contribution in [1.29, 1.82) is 0 Å². The molecule has 0 radical (unpaired) electrons. The standard InChI is InChI=1S/C23H30N2O4/c1-5-16-6-8-17(9-7-16)14-25(19-10-11-19)15-22(26)24-18-12-20(27-2)23(29-4)21(13-18)28-3/h6-9,12-13,19H,5,10-11,14-15H2,1-4H3,(H,24,26). The third kappa shape index (κ3) is 5.41. The number of ether oxygens (including phenoxy) is 3. The highest BCUT2D eigenvalue weighted by Gasteiger charge is 2.30. The number of methoxy groups -OCH3 is 3. The molecule has 2 aromatic carbocycles. The Morgan fingerprint density at radius 3 is 2.07 bits per heavy atom. The molecule has 1 aliphatic rings. The Bertz CT molecular complexity index is 806. The Morgan fingerprint density at radius 2 is 1.59 bits per heavy atom. The largest absolute Gasteiger partial charge is 0.493 e. The van der Waals surface area contributed by atoms with Crippen LogP contribution in [-0.2, 0) is 17.8 Å². The van der Waals surface area contributed by atoms with Crippen molar-refractivity contribution in [1.82, 2.24) is 4.90 Å². The van der Waals surface area contributed by atoms with Gasteiger partial charge in [-0.3, -0.25) is 9.69 Å². The molecular weight excluding hydrogens is 368 g/mol. The molecule has 0 heterocycles. The molecule has 156 valence electrons. The first-order valence-electron chi connectivity index (χ1n) is 9.99. The van der Waals surface area contributed by atoms with Gasteiger partial charge in [-0.1, -0.05) is 31.2 Å². The van der Waals surface area contributed by atoms with Crippen LogP contribution in [-0.4, -0.2) is 44.7 Å². The molecule has 1 aliphatic carbocycles. The fourth-order valence-corrected chi connectivity index (χ4v) is 3.41. The molecule has 0 spiro atoms. The van der Waals surface area contributed by atoms with Crippen molar-refractivity contribution in [3.63, 3.8) is 0 Å². The van der Waals surface area contributed by atoms with E-state index in [2.05, 4.69) is 41.4 Å². The fraction of sp³-hybridized carbons (Fsp3) is 0.435. The van der Waals surface area contributed by atoms with Gasteiger partial charge in [0, 0.05) is 30.4 Å². The number of nitrogens with zero attached hydrogens (tertiary/aromatic N) is 1. The summed E-state index contributed by atoms with van der Waals surface area (Å²) in [6, 6.07) is 12.6. The summed E-state index contributed by atoms with van der Waals surface area (Å²) in [5.41, 5.74) is 3.18. The SMILES string of the molecule is CCc1ccc(CN(CC(=O)Nc2cc(OC)c(OC)c(OC)c2)C2CC2)cc1. The molecule has 6 nitrogen and oxygen atoms in total. The molecule has 3 rings (SSSR count). The van der Waals surface area contributed by atoms with E-state index in [1.807, 2.05) is 0 Å². The second-order valence-corrected chi connectivity index (χ2v) is 7.27. The highest BCUT2D eigenvalue weighted by molar-refractivity contribution is 5.93. The summed E-state index contributed by atoms with van der Waals surface area (Å²) in [6.07, 6.45) is 3.32. The quantitative estimate of drug-likeness (QED) is 0.658. The number of nitrogens with one attached hydrogen (secondary N) is 1. The van der Waals surface area contributed by atoms with Gasteiger partial charge in [0.2, 0.25) is 11.7 Å². The van der Waals surface area contributed by atoms with Gasteiger partial charge in [-0.2, -0.15) is 0 Å². The van der Waals surface area contributed by atoms with Gasteiger partial charge >= 0.3 is 0 Å². The molecule has 1 saturated carbocycles. The molecule has 0 aromatic heterocycles. The van der Waals surface area contributed by atoms with Crippen molar-refractivity contribution in [2.45, 2.75) is 38.8 Å². The van der Waals surface area contributed by atoms with E-state index in [1.165, 1.54) is 11.1 Å². The van der Waals surface area contributed by atoms with Gasteiger partial charge < -0.3 is 19.5 Å². The molecular formula is C23H30N2O4. The van der Waals surface area contributed by atoms with Crippen molar-refractivity contribution in [2.24, 2.45) is 0 Å². The Kier molecular flexibility index (Phi) is 6.99. The van der Waals surface area contributed by atoms with Crippen LogP contribution in [0, 0.1) is 0 Å². The third-order valence-corrected chi connectivity index (χ3v) is 5.18. The fourth-order valence-electron chi connectivity index (χ4n) is 3.41. The summed E-state index contributed by atoms with van der Waals surface area (Å²) in [6.45, 7) is 3.27. The Balaban J connectivity index is 1.67. The zero-order valence-electron chi connectivity index (χ0n) is 17.7. The number of hydrogen-bond acceptors (Lipinski definition) is 5. The minimum Gasteiger partial charge on any atom is -0.493 e. The minimum absolute atomic E-state index is 0.0589. The zero-order chi connectivity index (χ0) is 20.8. The van der Waals surface area contributed by atoms with Crippen molar-refractivity contribution in [3.8, 4) is 17.2 Å². The average Bonchev–Trinajstić information content (AvgIpc) is 3.58. The first kappa shape index (κ1) is 21.0. The van der Waals surface area contributed by atoms with Crippen LogP contribution in [0.25, 0.3) is 0 Å². The van der Waals surface area contributed by atoms with E-state index in [4.69, 9.17) is 14.2 Å². The molecule has 1 fully saturated rings. The van der Waals surface area contributed by atoms with Crippen LogP contribution in [0.3, 0.4) is 0 Å². The van der Waals surface area contributed by atoms with Gasteiger partial charge in [-0.15, -0.1) is 0 Å². The van der Waals surface area contributed by atoms with Gasteiger partial charge in [0.15, 0.2) is 11.5 Å². The lowest BCUT2D eigenvalue weighted by Gasteiger charge is -2.22.